The van der Waals surface area contributed by atoms with Crippen LogP contribution in [-0.2, 0) is 0 Å². The van der Waals surface area contributed by atoms with Gasteiger partial charge < -0.3 is 10.1 Å². The Kier molecular flexibility index (Phi) is 3.69. The molecule has 0 atom stereocenters. The number of rotatable bonds is 5. The predicted octanol–water partition coefficient (Wildman–Crippen LogP) is 2.87. The molecule has 0 unspecified atom stereocenters. The Bertz CT molecular complexity index is 699. The lowest BCUT2D eigenvalue weighted by molar-refractivity contribution is 0.332. The molecule has 0 aliphatic rings. The number of ether oxygens (including phenoxy) is 1. The largest absolute Gasteiger partial charge is 0.492 e. The third-order valence-electron chi connectivity index (χ3n) is 2.75. The van der Waals surface area contributed by atoms with Gasteiger partial charge in [-0.3, -0.25) is 0 Å². The summed E-state index contributed by atoms with van der Waals surface area (Å²) in [6, 6.07) is 13.2. The van der Waals surface area contributed by atoms with Crippen LogP contribution < -0.4 is 10.1 Å². The van der Waals surface area contributed by atoms with Gasteiger partial charge in [-0.2, -0.15) is 9.61 Å². The minimum absolute atomic E-state index is 0.435. The van der Waals surface area contributed by atoms with Gasteiger partial charge in [0.25, 0.3) is 0 Å². The lowest BCUT2D eigenvalue weighted by Gasteiger charge is -2.10. The van der Waals surface area contributed by atoms with Crippen LogP contribution in [0, 0.1) is 0 Å². The first kappa shape index (κ1) is 12.7. The molecule has 5 nitrogen and oxygen atoms in total. The number of nitrogens with zero attached hydrogens (tertiary/aromatic N) is 3. The smallest absolute Gasteiger partial charge is 0.159 e. The first-order valence-electron chi connectivity index (χ1n) is 6.25. The Morgan fingerprint density at radius 2 is 2.05 bits per heavy atom. The maximum atomic E-state index is 5.97. The monoisotopic (exact) mass is 288 g/mol. The van der Waals surface area contributed by atoms with Gasteiger partial charge in [-0.1, -0.05) is 29.8 Å². The van der Waals surface area contributed by atoms with Gasteiger partial charge in [0.2, 0.25) is 0 Å². The summed E-state index contributed by atoms with van der Waals surface area (Å²) in [6.45, 7) is 1.19. The van der Waals surface area contributed by atoms with Crippen molar-refractivity contribution >= 4 is 23.1 Å². The van der Waals surface area contributed by atoms with Crippen LogP contribution in [0.15, 0.2) is 48.7 Å². The van der Waals surface area contributed by atoms with E-state index in [1.807, 2.05) is 30.3 Å². The minimum atomic E-state index is 0.435. The third kappa shape index (κ3) is 2.83. The van der Waals surface area contributed by atoms with E-state index in [-0.39, 0.29) is 0 Å². The molecule has 1 aromatic carbocycles. The summed E-state index contributed by atoms with van der Waals surface area (Å²) in [5.41, 5.74) is 0.712. The van der Waals surface area contributed by atoms with Crippen LogP contribution in [0.25, 0.3) is 5.65 Å². The van der Waals surface area contributed by atoms with E-state index < -0.39 is 0 Å². The highest BCUT2D eigenvalue weighted by Gasteiger charge is 2.04. The highest BCUT2D eigenvalue weighted by molar-refractivity contribution is 6.29. The zero-order valence-electron chi connectivity index (χ0n) is 10.7. The number of hydrogen-bond donors (Lipinski definition) is 1. The van der Waals surface area contributed by atoms with E-state index in [4.69, 9.17) is 16.3 Å². The highest BCUT2D eigenvalue weighted by atomic mass is 35.5. The first-order valence-corrected chi connectivity index (χ1v) is 6.63. The molecule has 2 aromatic heterocycles. The highest BCUT2D eigenvalue weighted by Crippen LogP contribution is 2.15. The molecule has 0 aliphatic carbocycles. The molecule has 0 bridgehead atoms. The Balaban J connectivity index is 1.61. The molecule has 0 amide bonds. The van der Waals surface area contributed by atoms with Gasteiger partial charge in [-0.25, -0.2) is 4.98 Å². The van der Waals surface area contributed by atoms with Gasteiger partial charge >= 0.3 is 0 Å². The van der Waals surface area contributed by atoms with Crippen molar-refractivity contribution in [1.29, 1.82) is 0 Å². The zero-order valence-corrected chi connectivity index (χ0v) is 11.4. The second kappa shape index (κ2) is 5.79. The summed E-state index contributed by atoms with van der Waals surface area (Å²) in [7, 11) is 0. The molecule has 20 heavy (non-hydrogen) atoms. The normalized spacial score (nSPS) is 10.7. The van der Waals surface area contributed by atoms with Crippen LogP contribution in [0.4, 0.5) is 5.82 Å². The Hall–Kier alpha value is -2.27. The minimum Gasteiger partial charge on any atom is -0.492 e. The van der Waals surface area contributed by atoms with E-state index in [1.165, 1.54) is 0 Å². The van der Waals surface area contributed by atoms with Crippen LogP contribution in [0.2, 0.25) is 5.15 Å². The molecule has 0 aliphatic heterocycles. The van der Waals surface area contributed by atoms with Gasteiger partial charge in [-0.05, 0) is 12.1 Å². The molecule has 6 heteroatoms. The number of halogens is 1. The van der Waals surface area contributed by atoms with Crippen LogP contribution in [0.3, 0.4) is 0 Å². The fourth-order valence-electron chi connectivity index (χ4n) is 1.87. The summed E-state index contributed by atoms with van der Waals surface area (Å²) < 4.78 is 7.31. The Morgan fingerprint density at radius 1 is 1.20 bits per heavy atom. The molecule has 102 valence electrons. The van der Waals surface area contributed by atoms with Crippen molar-refractivity contribution in [3.63, 3.8) is 0 Å². The van der Waals surface area contributed by atoms with Crippen LogP contribution in [0.1, 0.15) is 0 Å². The van der Waals surface area contributed by atoms with Crippen molar-refractivity contribution in [3.8, 4) is 5.75 Å². The zero-order chi connectivity index (χ0) is 13.8. The summed E-state index contributed by atoms with van der Waals surface area (Å²) in [5, 5.41) is 7.86. The second-order valence-electron chi connectivity index (χ2n) is 4.15. The van der Waals surface area contributed by atoms with Crippen molar-refractivity contribution in [3.05, 3.63) is 53.8 Å². The number of hydrogen-bond acceptors (Lipinski definition) is 4. The molecule has 0 spiro atoms. The van der Waals surface area contributed by atoms with Crippen molar-refractivity contribution in [2.45, 2.75) is 0 Å². The summed E-state index contributed by atoms with van der Waals surface area (Å²) >= 11 is 5.97. The molecule has 2 heterocycles. The number of benzene rings is 1. The molecule has 3 aromatic rings. The SMILES string of the molecule is Clc1cc(NCCOc2ccccc2)n2nccc2n1. The molecule has 0 saturated carbocycles. The summed E-state index contributed by atoms with van der Waals surface area (Å²) in [4.78, 5) is 4.17. The lowest BCUT2D eigenvalue weighted by atomic mass is 10.3. The van der Waals surface area contributed by atoms with Crippen molar-refractivity contribution < 1.29 is 4.74 Å². The maximum Gasteiger partial charge on any atom is 0.159 e. The average Bonchev–Trinajstić information content (AvgIpc) is 2.92. The van der Waals surface area contributed by atoms with Gasteiger partial charge in [0.15, 0.2) is 5.65 Å². The van der Waals surface area contributed by atoms with Crippen molar-refractivity contribution in [2.75, 3.05) is 18.5 Å². The lowest BCUT2D eigenvalue weighted by Crippen LogP contribution is -2.14. The van der Waals surface area contributed by atoms with E-state index in [0.717, 1.165) is 11.6 Å². The number of fused-ring (bicyclic) bond motifs is 1. The summed E-state index contributed by atoms with van der Waals surface area (Å²) in [5.74, 6) is 1.65. The molecular formula is C14H13ClN4O. The topological polar surface area (TPSA) is 51.5 Å². The maximum absolute atomic E-state index is 5.97. The number of para-hydroxylation sites is 1. The van der Waals surface area contributed by atoms with E-state index in [9.17, 15) is 0 Å². The van der Waals surface area contributed by atoms with Crippen LogP contribution >= 0.6 is 11.6 Å². The number of anilines is 1. The standard InChI is InChI=1S/C14H13ClN4O/c15-12-10-14(19-13(18-12)6-7-17-19)16-8-9-20-11-4-2-1-3-5-11/h1-7,10,16H,8-9H2. The van der Waals surface area contributed by atoms with Gasteiger partial charge in [0, 0.05) is 12.1 Å². The Labute approximate surface area is 121 Å². The van der Waals surface area contributed by atoms with Gasteiger partial charge in [-0.15, -0.1) is 0 Å². The van der Waals surface area contributed by atoms with Crippen molar-refractivity contribution in [2.24, 2.45) is 0 Å². The molecule has 1 N–H and O–H groups in total. The molecule has 0 fully saturated rings. The van der Waals surface area contributed by atoms with E-state index in [0.29, 0.717) is 24.0 Å². The van der Waals surface area contributed by atoms with Crippen LogP contribution in [-0.4, -0.2) is 27.7 Å². The van der Waals surface area contributed by atoms with Gasteiger partial charge in [0.1, 0.15) is 23.3 Å². The van der Waals surface area contributed by atoms with Gasteiger partial charge in [0.05, 0.1) is 12.7 Å². The first-order chi connectivity index (χ1) is 9.83. The van der Waals surface area contributed by atoms with Crippen molar-refractivity contribution in [1.82, 2.24) is 14.6 Å². The summed E-state index contributed by atoms with van der Waals surface area (Å²) in [6.07, 6.45) is 1.68. The predicted molar refractivity (Wildman–Crippen MR) is 78.4 cm³/mol. The molecule has 0 radical (unpaired) electrons. The average molecular weight is 289 g/mol. The fraction of sp³-hybridized carbons (Fsp3) is 0.143. The molecular weight excluding hydrogens is 276 g/mol. The third-order valence-corrected chi connectivity index (χ3v) is 2.94. The quantitative estimate of drug-likeness (QED) is 0.579. The number of aromatic nitrogens is 3. The van der Waals surface area contributed by atoms with Crippen LogP contribution in [0.5, 0.6) is 5.75 Å². The second-order valence-corrected chi connectivity index (χ2v) is 4.54. The van der Waals surface area contributed by atoms with E-state index >= 15 is 0 Å². The Morgan fingerprint density at radius 3 is 2.90 bits per heavy atom. The van der Waals surface area contributed by atoms with E-state index in [1.54, 1.807) is 22.8 Å². The molecule has 3 rings (SSSR count). The fourth-order valence-corrected chi connectivity index (χ4v) is 2.06. The van der Waals surface area contributed by atoms with E-state index in [2.05, 4.69) is 15.4 Å². The molecule has 0 saturated heterocycles. The number of nitrogens with one attached hydrogen (secondary N) is 1.